The van der Waals surface area contributed by atoms with Crippen LogP contribution in [0, 0.1) is 5.92 Å². The predicted molar refractivity (Wildman–Crippen MR) is 23.5 cm³/mol. The van der Waals surface area contributed by atoms with E-state index in [1.165, 1.54) is 0 Å². The SMILES string of the molecule is C1=CC2COC2O1. The summed E-state index contributed by atoms with van der Waals surface area (Å²) < 4.78 is 9.92. The van der Waals surface area contributed by atoms with Crippen LogP contribution in [-0.2, 0) is 9.47 Å². The molecule has 2 unspecified atom stereocenters. The first-order valence-electron chi connectivity index (χ1n) is 2.40. The number of rotatable bonds is 0. The number of hydrogen-bond donors (Lipinski definition) is 0. The van der Waals surface area contributed by atoms with Crippen molar-refractivity contribution in [1.82, 2.24) is 0 Å². The molecule has 38 valence electrons. The topological polar surface area (TPSA) is 18.5 Å². The van der Waals surface area contributed by atoms with Gasteiger partial charge in [0, 0.05) is 0 Å². The highest BCUT2D eigenvalue weighted by molar-refractivity contribution is 4.96. The largest absolute Gasteiger partial charge is 0.472 e. The number of ether oxygens (including phenoxy) is 2. The van der Waals surface area contributed by atoms with Crippen LogP contribution < -0.4 is 0 Å². The molecule has 1 saturated heterocycles. The Labute approximate surface area is 41.7 Å². The van der Waals surface area contributed by atoms with Gasteiger partial charge in [0.15, 0.2) is 0 Å². The Bertz CT molecular complexity index is 109. The minimum Gasteiger partial charge on any atom is -0.472 e. The quantitative estimate of drug-likeness (QED) is 0.439. The van der Waals surface area contributed by atoms with Gasteiger partial charge in [0.25, 0.3) is 0 Å². The molecular formula is C5H6O2. The van der Waals surface area contributed by atoms with E-state index in [0.717, 1.165) is 6.61 Å². The highest BCUT2D eigenvalue weighted by Gasteiger charge is 2.34. The van der Waals surface area contributed by atoms with Crippen molar-refractivity contribution in [3.8, 4) is 0 Å². The predicted octanol–water partition coefficient (Wildman–Crippen LogP) is 0.503. The molecule has 2 nitrogen and oxygen atoms in total. The summed E-state index contributed by atoms with van der Waals surface area (Å²) in [6.45, 7) is 0.848. The van der Waals surface area contributed by atoms with Gasteiger partial charge in [0.05, 0.1) is 18.8 Å². The summed E-state index contributed by atoms with van der Waals surface area (Å²) >= 11 is 0. The third kappa shape index (κ3) is 0.320. The Morgan fingerprint density at radius 2 is 2.57 bits per heavy atom. The third-order valence-corrected chi connectivity index (χ3v) is 1.34. The molecule has 0 radical (unpaired) electrons. The van der Waals surface area contributed by atoms with Crippen molar-refractivity contribution in [1.29, 1.82) is 0 Å². The normalized spacial score (nSPS) is 44.6. The average molecular weight is 98.1 g/mol. The molecule has 0 spiro atoms. The fourth-order valence-corrected chi connectivity index (χ4v) is 0.796. The Kier molecular flexibility index (Phi) is 0.504. The van der Waals surface area contributed by atoms with Crippen LogP contribution in [0.15, 0.2) is 12.3 Å². The minimum absolute atomic E-state index is 0.0833. The van der Waals surface area contributed by atoms with E-state index in [0.29, 0.717) is 5.92 Å². The molecule has 2 aliphatic heterocycles. The highest BCUT2D eigenvalue weighted by Crippen LogP contribution is 2.27. The first-order chi connectivity index (χ1) is 3.47. The fraction of sp³-hybridized carbons (Fsp3) is 0.600. The van der Waals surface area contributed by atoms with E-state index in [-0.39, 0.29) is 6.29 Å². The standard InChI is InChI=1S/C5H6O2/c1-2-6-5-4(1)3-7-5/h1-2,4-5H,3H2. The summed E-state index contributed by atoms with van der Waals surface area (Å²) in [6.07, 6.45) is 3.83. The van der Waals surface area contributed by atoms with Gasteiger partial charge < -0.3 is 9.47 Å². The van der Waals surface area contributed by atoms with Gasteiger partial charge in [0.2, 0.25) is 6.29 Å². The maximum atomic E-state index is 4.97. The molecule has 0 aromatic heterocycles. The van der Waals surface area contributed by atoms with Crippen LogP contribution in [0.4, 0.5) is 0 Å². The maximum absolute atomic E-state index is 4.97. The maximum Gasteiger partial charge on any atom is 0.207 e. The zero-order valence-electron chi connectivity index (χ0n) is 3.83. The van der Waals surface area contributed by atoms with Gasteiger partial charge in [-0.2, -0.15) is 0 Å². The van der Waals surface area contributed by atoms with Gasteiger partial charge in [-0.05, 0) is 6.08 Å². The molecule has 2 heteroatoms. The van der Waals surface area contributed by atoms with E-state index in [1.54, 1.807) is 6.26 Å². The number of hydrogen-bond acceptors (Lipinski definition) is 2. The zero-order chi connectivity index (χ0) is 4.69. The smallest absolute Gasteiger partial charge is 0.207 e. The summed E-state index contributed by atoms with van der Waals surface area (Å²) in [5.74, 6) is 0.569. The minimum atomic E-state index is 0.0833. The lowest BCUT2D eigenvalue weighted by molar-refractivity contribution is -0.203. The molecule has 0 aromatic rings. The summed E-state index contributed by atoms with van der Waals surface area (Å²) in [5.41, 5.74) is 0. The third-order valence-electron chi connectivity index (χ3n) is 1.34. The summed E-state index contributed by atoms with van der Waals surface area (Å²) in [4.78, 5) is 0. The van der Waals surface area contributed by atoms with Crippen molar-refractivity contribution in [2.45, 2.75) is 6.29 Å². The van der Waals surface area contributed by atoms with Gasteiger partial charge in [-0.25, -0.2) is 0 Å². The molecule has 0 aliphatic carbocycles. The van der Waals surface area contributed by atoms with Crippen molar-refractivity contribution in [2.75, 3.05) is 6.61 Å². The second-order valence-electron chi connectivity index (χ2n) is 1.83. The Hall–Kier alpha value is -0.500. The van der Waals surface area contributed by atoms with Crippen LogP contribution in [-0.4, -0.2) is 12.9 Å². The van der Waals surface area contributed by atoms with Crippen LogP contribution in [0.5, 0.6) is 0 Å². The van der Waals surface area contributed by atoms with E-state index >= 15 is 0 Å². The Morgan fingerprint density at radius 1 is 1.57 bits per heavy atom. The molecule has 0 bridgehead atoms. The number of fused-ring (bicyclic) bond motifs is 1. The molecule has 2 rings (SSSR count). The van der Waals surface area contributed by atoms with Gasteiger partial charge in [-0.1, -0.05) is 0 Å². The lowest BCUT2D eigenvalue weighted by Gasteiger charge is -2.27. The molecule has 0 saturated carbocycles. The summed E-state index contributed by atoms with van der Waals surface area (Å²) in [7, 11) is 0. The molecule has 0 amide bonds. The van der Waals surface area contributed by atoms with E-state index in [4.69, 9.17) is 9.47 Å². The molecular weight excluding hydrogens is 92.1 g/mol. The summed E-state index contributed by atoms with van der Waals surface area (Å²) in [6, 6.07) is 0. The van der Waals surface area contributed by atoms with Gasteiger partial charge in [0.1, 0.15) is 0 Å². The average Bonchev–Trinajstić information content (AvgIpc) is 1.85. The molecule has 2 aliphatic rings. The van der Waals surface area contributed by atoms with E-state index in [2.05, 4.69) is 0 Å². The Balaban J connectivity index is 2.14. The van der Waals surface area contributed by atoms with Crippen molar-refractivity contribution < 1.29 is 9.47 Å². The first kappa shape index (κ1) is 3.50. The van der Waals surface area contributed by atoms with Gasteiger partial charge >= 0.3 is 0 Å². The van der Waals surface area contributed by atoms with Crippen LogP contribution in [0.25, 0.3) is 0 Å². The summed E-state index contributed by atoms with van der Waals surface area (Å²) in [5, 5.41) is 0. The first-order valence-corrected chi connectivity index (χ1v) is 2.40. The zero-order valence-corrected chi connectivity index (χ0v) is 3.83. The lowest BCUT2D eigenvalue weighted by Crippen LogP contribution is -2.35. The van der Waals surface area contributed by atoms with Gasteiger partial charge in [-0.15, -0.1) is 0 Å². The highest BCUT2D eigenvalue weighted by atomic mass is 16.7. The fourth-order valence-electron chi connectivity index (χ4n) is 0.796. The second kappa shape index (κ2) is 1.01. The van der Waals surface area contributed by atoms with Crippen molar-refractivity contribution >= 4 is 0 Å². The Morgan fingerprint density at radius 3 is 2.86 bits per heavy atom. The van der Waals surface area contributed by atoms with Gasteiger partial charge in [-0.3, -0.25) is 0 Å². The second-order valence-corrected chi connectivity index (χ2v) is 1.83. The van der Waals surface area contributed by atoms with Crippen LogP contribution in [0.2, 0.25) is 0 Å². The van der Waals surface area contributed by atoms with E-state index < -0.39 is 0 Å². The monoisotopic (exact) mass is 98.0 g/mol. The van der Waals surface area contributed by atoms with E-state index in [9.17, 15) is 0 Å². The molecule has 0 N–H and O–H groups in total. The molecule has 2 heterocycles. The van der Waals surface area contributed by atoms with Crippen LogP contribution >= 0.6 is 0 Å². The van der Waals surface area contributed by atoms with Crippen molar-refractivity contribution in [2.24, 2.45) is 5.92 Å². The molecule has 7 heavy (non-hydrogen) atoms. The van der Waals surface area contributed by atoms with Crippen LogP contribution in [0.1, 0.15) is 0 Å². The lowest BCUT2D eigenvalue weighted by atomic mass is 10.1. The van der Waals surface area contributed by atoms with Crippen molar-refractivity contribution in [3.63, 3.8) is 0 Å². The van der Waals surface area contributed by atoms with E-state index in [1.807, 2.05) is 6.08 Å². The molecule has 1 fully saturated rings. The molecule has 0 aromatic carbocycles. The van der Waals surface area contributed by atoms with Crippen LogP contribution in [0.3, 0.4) is 0 Å². The molecule has 2 atom stereocenters. The van der Waals surface area contributed by atoms with Crippen molar-refractivity contribution in [3.05, 3.63) is 12.3 Å².